The molecule has 0 aliphatic carbocycles. The highest BCUT2D eigenvalue weighted by molar-refractivity contribution is 7.91. The first-order valence-electron chi connectivity index (χ1n) is 6.84. The molecule has 4 nitrogen and oxygen atoms in total. The molecule has 0 bridgehead atoms. The van der Waals surface area contributed by atoms with Crippen molar-refractivity contribution in [2.75, 3.05) is 7.05 Å². The van der Waals surface area contributed by atoms with Crippen LogP contribution in [0.3, 0.4) is 0 Å². The minimum atomic E-state index is -3.43. The second-order valence-electron chi connectivity index (χ2n) is 4.80. The summed E-state index contributed by atoms with van der Waals surface area (Å²) in [6.45, 7) is 3.08. The fraction of sp³-hybridized carbons (Fsp3) is 0.333. The van der Waals surface area contributed by atoms with Gasteiger partial charge in [-0.25, -0.2) is 13.1 Å². The Morgan fingerprint density at radius 2 is 1.71 bits per heavy atom. The fourth-order valence-electron chi connectivity index (χ4n) is 1.93. The van der Waals surface area contributed by atoms with Gasteiger partial charge < -0.3 is 5.32 Å². The van der Waals surface area contributed by atoms with Gasteiger partial charge >= 0.3 is 0 Å². The number of benzene rings is 1. The van der Waals surface area contributed by atoms with Crippen molar-refractivity contribution in [3.05, 3.63) is 52.4 Å². The Morgan fingerprint density at radius 1 is 1.05 bits per heavy atom. The lowest BCUT2D eigenvalue weighted by atomic mass is 10.1. The van der Waals surface area contributed by atoms with E-state index in [1.807, 2.05) is 36.7 Å². The van der Waals surface area contributed by atoms with E-state index in [9.17, 15) is 8.42 Å². The summed E-state index contributed by atoms with van der Waals surface area (Å²) in [5.74, 6) is 0. The van der Waals surface area contributed by atoms with E-state index in [4.69, 9.17) is 0 Å². The number of rotatable bonds is 7. The summed E-state index contributed by atoms with van der Waals surface area (Å²) in [5, 5.41) is 4.87. The third-order valence-corrected chi connectivity index (χ3v) is 6.06. The van der Waals surface area contributed by atoms with Gasteiger partial charge in [0.1, 0.15) is 4.21 Å². The maximum absolute atomic E-state index is 12.2. The Bertz CT molecular complexity index is 676. The number of nitrogens with one attached hydrogen (secondary N) is 2. The molecule has 2 rings (SSSR count). The van der Waals surface area contributed by atoms with Crippen molar-refractivity contribution < 1.29 is 8.42 Å². The van der Waals surface area contributed by atoms with Crippen molar-refractivity contribution in [2.45, 2.75) is 30.6 Å². The second kappa shape index (κ2) is 7.17. The first kappa shape index (κ1) is 16.2. The van der Waals surface area contributed by atoms with Crippen LogP contribution < -0.4 is 10.0 Å². The highest BCUT2D eigenvalue weighted by Gasteiger charge is 2.16. The summed E-state index contributed by atoms with van der Waals surface area (Å²) in [6, 6.07) is 9.69. The van der Waals surface area contributed by atoms with Gasteiger partial charge in [-0.3, -0.25) is 0 Å². The van der Waals surface area contributed by atoms with Crippen LogP contribution in [0.5, 0.6) is 0 Å². The molecule has 2 N–H and O–H groups in total. The van der Waals surface area contributed by atoms with E-state index in [2.05, 4.69) is 17.0 Å². The van der Waals surface area contributed by atoms with Crippen molar-refractivity contribution >= 4 is 21.4 Å². The minimum absolute atomic E-state index is 0.311. The van der Waals surface area contributed by atoms with Gasteiger partial charge in [-0.1, -0.05) is 31.2 Å². The number of hydrogen-bond donors (Lipinski definition) is 2. The lowest BCUT2D eigenvalue weighted by molar-refractivity contribution is 0.583. The Hall–Kier alpha value is -1.21. The number of thiophene rings is 1. The molecule has 0 aliphatic rings. The van der Waals surface area contributed by atoms with Crippen molar-refractivity contribution in [2.24, 2.45) is 0 Å². The van der Waals surface area contributed by atoms with E-state index >= 15 is 0 Å². The summed E-state index contributed by atoms with van der Waals surface area (Å²) in [4.78, 5) is 0. The maximum Gasteiger partial charge on any atom is 0.250 e. The van der Waals surface area contributed by atoms with Gasteiger partial charge in [0.2, 0.25) is 10.0 Å². The lowest BCUT2D eigenvalue weighted by Crippen LogP contribution is -2.22. The summed E-state index contributed by atoms with van der Waals surface area (Å²) in [7, 11) is -1.59. The van der Waals surface area contributed by atoms with Crippen LogP contribution in [0.1, 0.15) is 23.6 Å². The Morgan fingerprint density at radius 3 is 2.33 bits per heavy atom. The molecule has 0 fully saturated rings. The zero-order valence-corrected chi connectivity index (χ0v) is 13.9. The molecule has 114 valence electrons. The molecular weight excluding hydrogens is 304 g/mol. The van der Waals surface area contributed by atoms with E-state index in [-0.39, 0.29) is 0 Å². The third kappa shape index (κ3) is 4.38. The van der Waals surface area contributed by atoms with Crippen molar-refractivity contribution in [1.82, 2.24) is 10.0 Å². The molecule has 0 saturated carbocycles. The fourth-order valence-corrected chi connectivity index (χ4v) is 4.20. The SMILES string of the molecule is CCc1ccc(CNS(=O)(=O)c2cc(CNC)cs2)cc1. The van der Waals surface area contributed by atoms with Gasteiger partial charge in [-0.15, -0.1) is 11.3 Å². The lowest BCUT2D eigenvalue weighted by Gasteiger charge is -2.05. The largest absolute Gasteiger partial charge is 0.316 e. The average molecular weight is 324 g/mol. The zero-order chi connectivity index (χ0) is 15.3. The van der Waals surface area contributed by atoms with E-state index in [1.54, 1.807) is 6.07 Å². The molecular formula is C15H20N2O2S2. The maximum atomic E-state index is 12.2. The van der Waals surface area contributed by atoms with E-state index in [0.29, 0.717) is 17.3 Å². The first-order valence-corrected chi connectivity index (χ1v) is 9.21. The third-order valence-electron chi connectivity index (χ3n) is 3.17. The van der Waals surface area contributed by atoms with Crippen LogP contribution in [0, 0.1) is 0 Å². The normalized spacial score (nSPS) is 11.7. The number of hydrogen-bond acceptors (Lipinski definition) is 4. The molecule has 0 unspecified atom stereocenters. The number of aryl methyl sites for hydroxylation is 1. The molecule has 1 aromatic carbocycles. The molecule has 1 aromatic heterocycles. The van der Waals surface area contributed by atoms with Crippen molar-refractivity contribution in [1.29, 1.82) is 0 Å². The molecule has 0 atom stereocenters. The summed E-state index contributed by atoms with van der Waals surface area (Å²) in [6.07, 6.45) is 0.982. The predicted molar refractivity (Wildman–Crippen MR) is 86.9 cm³/mol. The molecule has 0 saturated heterocycles. The van der Waals surface area contributed by atoms with Crippen LogP contribution in [-0.4, -0.2) is 15.5 Å². The molecule has 0 spiro atoms. The molecule has 0 aliphatic heterocycles. The highest BCUT2D eigenvalue weighted by Crippen LogP contribution is 2.20. The molecule has 0 amide bonds. The van der Waals surface area contributed by atoms with E-state index < -0.39 is 10.0 Å². The molecule has 21 heavy (non-hydrogen) atoms. The quantitative estimate of drug-likeness (QED) is 0.823. The van der Waals surface area contributed by atoms with Crippen molar-refractivity contribution in [3.8, 4) is 0 Å². The highest BCUT2D eigenvalue weighted by atomic mass is 32.2. The summed E-state index contributed by atoms with van der Waals surface area (Å²) in [5.41, 5.74) is 3.19. The van der Waals surface area contributed by atoms with E-state index in [0.717, 1.165) is 17.5 Å². The molecule has 2 aromatic rings. The van der Waals surface area contributed by atoms with E-state index in [1.165, 1.54) is 16.9 Å². The summed E-state index contributed by atoms with van der Waals surface area (Å²) < 4.78 is 27.5. The average Bonchev–Trinajstić information content (AvgIpc) is 2.96. The Labute approximate surface area is 130 Å². The smallest absolute Gasteiger partial charge is 0.250 e. The Kier molecular flexibility index (Phi) is 5.52. The molecule has 1 heterocycles. The number of sulfonamides is 1. The topological polar surface area (TPSA) is 58.2 Å². The van der Waals surface area contributed by atoms with Crippen LogP contribution >= 0.6 is 11.3 Å². The van der Waals surface area contributed by atoms with Crippen LogP contribution in [0.4, 0.5) is 0 Å². The minimum Gasteiger partial charge on any atom is -0.316 e. The van der Waals surface area contributed by atoms with Crippen LogP contribution in [0.2, 0.25) is 0 Å². The van der Waals surface area contributed by atoms with Crippen LogP contribution in [-0.2, 0) is 29.5 Å². The zero-order valence-electron chi connectivity index (χ0n) is 12.2. The predicted octanol–water partition coefficient (Wildman–Crippen LogP) is 2.51. The van der Waals surface area contributed by atoms with Gasteiger partial charge in [-0.05, 0) is 41.6 Å². The molecule has 6 heteroatoms. The first-order chi connectivity index (χ1) is 10.0. The van der Waals surface area contributed by atoms with Gasteiger partial charge in [0.15, 0.2) is 0 Å². The summed E-state index contributed by atoms with van der Waals surface area (Å²) >= 11 is 1.25. The molecule has 0 radical (unpaired) electrons. The van der Waals surface area contributed by atoms with Crippen molar-refractivity contribution in [3.63, 3.8) is 0 Å². The Balaban J connectivity index is 2.02. The standard InChI is InChI=1S/C15H20N2O2S2/c1-3-12-4-6-13(7-5-12)10-17-21(18,19)15-8-14(9-16-2)11-20-15/h4-8,11,16-17H,3,9-10H2,1-2H3. The second-order valence-corrected chi connectivity index (χ2v) is 7.70. The monoisotopic (exact) mass is 324 g/mol. The van der Waals surface area contributed by atoms with Crippen LogP contribution in [0.15, 0.2) is 39.9 Å². The van der Waals surface area contributed by atoms with Gasteiger partial charge in [0.05, 0.1) is 0 Å². The van der Waals surface area contributed by atoms with Crippen LogP contribution in [0.25, 0.3) is 0 Å². The van der Waals surface area contributed by atoms with Gasteiger partial charge in [-0.2, -0.15) is 0 Å². The van der Waals surface area contributed by atoms with Gasteiger partial charge in [0.25, 0.3) is 0 Å². The van der Waals surface area contributed by atoms with Gasteiger partial charge in [0, 0.05) is 13.1 Å².